The normalized spacial score (nSPS) is 11.3. The Balaban J connectivity index is 1.38. The van der Waals surface area contributed by atoms with Gasteiger partial charge in [-0.15, -0.1) is 0 Å². The summed E-state index contributed by atoms with van der Waals surface area (Å²) in [6.45, 7) is 2.32. The Bertz CT molecular complexity index is 1350. The number of methoxy groups -OCH3 is 2. The quantitative estimate of drug-likeness (QED) is 0.309. The summed E-state index contributed by atoms with van der Waals surface area (Å²) in [5, 5.41) is 6.03. The van der Waals surface area contributed by atoms with E-state index in [4.69, 9.17) is 9.47 Å². The molecular weight excluding hydrogens is 464 g/mol. The molecule has 0 aliphatic heterocycles. The lowest BCUT2D eigenvalue weighted by Crippen LogP contribution is -2.27. The molecule has 6 nitrogen and oxygen atoms in total. The van der Waals surface area contributed by atoms with Gasteiger partial charge in [0.15, 0.2) is 0 Å². The molecule has 0 fully saturated rings. The fraction of sp³-hybridized carbons (Fsp3) is 0.161. The Kier molecular flexibility index (Phi) is 8.21. The van der Waals surface area contributed by atoms with Gasteiger partial charge < -0.3 is 20.1 Å². The summed E-state index contributed by atoms with van der Waals surface area (Å²) in [4.78, 5) is 25.8. The number of hydrogen-bond acceptors (Lipinski definition) is 4. The topological polar surface area (TPSA) is 76.7 Å². The predicted molar refractivity (Wildman–Crippen MR) is 145 cm³/mol. The van der Waals surface area contributed by atoms with Crippen molar-refractivity contribution in [3.63, 3.8) is 0 Å². The van der Waals surface area contributed by atoms with Crippen LogP contribution in [0.2, 0.25) is 0 Å². The second kappa shape index (κ2) is 11.9. The molecule has 1 atom stereocenters. The van der Waals surface area contributed by atoms with E-state index < -0.39 is 0 Å². The fourth-order valence-corrected chi connectivity index (χ4v) is 4.06. The van der Waals surface area contributed by atoms with Gasteiger partial charge in [-0.2, -0.15) is 0 Å². The summed E-state index contributed by atoms with van der Waals surface area (Å²) in [7, 11) is 3.09. The predicted octanol–water partition coefficient (Wildman–Crippen LogP) is 5.79. The van der Waals surface area contributed by atoms with Crippen molar-refractivity contribution in [1.29, 1.82) is 0 Å². The molecule has 0 spiro atoms. The first-order valence-corrected chi connectivity index (χ1v) is 12.0. The Morgan fingerprint density at radius 3 is 2.03 bits per heavy atom. The Morgan fingerprint density at radius 2 is 1.38 bits per heavy atom. The van der Waals surface area contributed by atoms with Gasteiger partial charge in [0.05, 0.1) is 20.3 Å². The molecule has 188 valence electrons. The van der Waals surface area contributed by atoms with Crippen LogP contribution in [0.5, 0.6) is 11.5 Å². The van der Waals surface area contributed by atoms with Gasteiger partial charge in [-0.1, -0.05) is 72.8 Å². The molecular formula is C31H30N2O4. The van der Waals surface area contributed by atoms with E-state index in [-0.39, 0.29) is 17.9 Å². The van der Waals surface area contributed by atoms with Crippen LogP contribution in [-0.2, 0) is 6.54 Å². The molecule has 4 rings (SSSR count). The third kappa shape index (κ3) is 6.35. The minimum atomic E-state index is -0.223. The highest BCUT2D eigenvalue weighted by Crippen LogP contribution is 2.25. The number of nitrogens with one attached hydrogen (secondary N) is 2. The standard InChI is InChI=1S/C31H30N2O4/c1-21(33-31(35)29-12-8-7-11-28(29)24-9-5-4-6-10-24)23-15-13-22(14-16-23)20-32-30(34)25-17-26(36-2)19-27(18-25)37-3/h4-19,21H,20H2,1-3H3,(H,32,34)(H,33,35). The van der Waals surface area contributed by atoms with Gasteiger partial charge in [0, 0.05) is 23.7 Å². The number of ether oxygens (including phenoxy) is 2. The van der Waals surface area contributed by atoms with Crippen molar-refractivity contribution in [3.8, 4) is 22.6 Å². The molecule has 0 aromatic heterocycles. The van der Waals surface area contributed by atoms with E-state index in [1.54, 1.807) is 32.4 Å². The highest BCUT2D eigenvalue weighted by Gasteiger charge is 2.16. The molecule has 4 aromatic carbocycles. The first-order chi connectivity index (χ1) is 18.0. The molecule has 0 bridgehead atoms. The van der Waals surface area contributed by atoms with Crippen LogP contribution in [0.15, 0.2) is 97.1 Å². The number of carbonyl (C=O) groups excluding carboxylic acids is 2. The van der Waals surface area contributed by atoms with Crippen molar-refractivity contribution in [2.45, 2.75) is 19.5 Å². The number of rotatable bonds is 9. The number of carbonyl (C=O) groups is 2. The molecule has 0 radical (unpaired) electrons. The number of benzene rings is 4. The molecule has 37 heavy (non-hydrogen) atoms. The largest absolute Gasteiger partial charge is 0.497 e. The molecule has 0 aliphatic rings. The van der Waals surface area contributed by atoms with Gasteiger partial charge in [-0.3, -0.25) is 9.59 Å². The van der Waals surface area contributed by atoms with Gasteiger partial charge in [0.2, 0.25) is 0 Å². The molecule has 0 saturated heterocycles. The van der Waals surface area contributed by atoms with E-state index in [1.165, 1.54) is 0 Å². The molecule has 0 aliphatic carbocycles. The maximum atomic E-state index is 13.1. The lowest BCUT2D eigenvalue weighted by molar-refractivity contribution is 0.0935. The smallest absolute Gasteiger partial charge is 0.252 e. The Labute approximate surface area is 217 Å². The van der Waals surface area contributed by atoms with Crippen LogP contribution in [-0.4, -0.2) is 26.0 Å². The number of amides is 2. The van der Waals surface area contributed by atoms with Gasteiger partial charge in [0.25, 0.3) is 11.8 Å². The zero-order chi connectivity index (χ0) is 26.2. The van der Waals surface area contributed by atoms with Crippen molar-refractivity contribution in [1.82, 2.24) is 10.6 Å². The van der Waals surface area contributed by atoms with Crippen LogP contribution in [0.4, 0.5) is 0 Å². The van der Waals surface area contributed by atoms with Crippen molar-refractivity contribution >= 4 is 11.8 Å². The van der Waals surface area contributed by atoms with Crippen LogP contribution in [0, 0.1) is 0 Å². The Hall–Kier alpha value is -4.58. The molecule has 2 amide bonds. The second-order valence-corrected chi connectivity index (χ2v) is 8.63. The van der Waals surface area contributed by atoms with Crippen molar-refractivity contribution in [3.05, 3.63) is 119 Å². The van der Waals surface area contributed by atoms with E-state index >= 15 is 0 Å². The molecule has 0 heterocycles. The number of hydrogen-bond donors (Lipinski definition) is 2. The summed E-state index contributed by atoms with van der Waals surface area (Å²) in [5.74, 6) is 0.753. The zero-order valence-corrected chi connectivity index (χ0v) is 21.2. The van der Waals surface area contributed by atoms with E-state index in [9.17, 15) is 9.59 Å². The zero-order valence-electron chi connectivity index (χ0n) is 21.2. The molecule has 0 saturated carbocycles. The highest BCUT2D eigenvalue weighted by atomic mass is 16.5. The summed E-state index contributed by atoms with van der Waals surface area (Å²) < 4.78 is 10.5. The third-order valence-electron chi connectivity index (χ3n) is 6.15. The minimum absolute atomic E-state index is 0.128. The van der Waals surface area contributed by atoms with Gasteiger partial charge >= 0.3 is 0 Å². The van der Waals surface area contributed by atoms with Crippen LogP contribution in [0.1, 0.15) is 44.8 Å². The lowest BCUT2D eigenvalue weighted by atomic mass is 9.98. The summed E-state index contributed by atoms with van der Waals surface area (Å²) >= 11 is 0. The third-order valence-corrected chi connectivity index (χ3v) is 6.15. The van der Waals surface area contributed by atoms with Gasteiger partial charge in [-0.05, 0) is 47.4 Å². The van der Waals surface area contributed by atoms with Crippen molar-refractivity contribution in [2.75, 3.05) is 14.2 Å². The fourth-order valence-electron chi connectivity index (χ4n) is 4.06. The maximum absolute atomic E-state index is 13.1. The Morgan fingerprint density at radius 1 is 0.757 bits per heavy atom. The minimum Gasteiger partial charge on any atom is -0.497 e. The summed E-state index contributed by atoms with van der Waals surface area (Å²) in [6.07, 6.45) is 0. The highest BCUT2D eigenvalue weighted by molar-refractivity contribution is 6.01. The van der Waals surface area contributed by atoms with E-state index in [0.717, 1.165) is 22.3 Å². The van der Waals surface area contributed by atoms with E-state index in [1.807, 2.05) is 85.8 Å². The van der Waals surface area contributed by atoms with Crippen LogP contribution < -0.4 is 20.1 Å². The second-order valence-electron chi connectivity index (χ2n) is 8.63. The summed E-state index contributed by atoms with van der Waals surface area (Å²) in [6, 6.07) is 30.2. The molecule has 1 unspecified atom stereocenters. The first-order valence-electron chi connectivity index (χ1n) is 12.0. The maximum Gasteiger partial charge on any atom is 0.252 e. The van der Waals surface area contributed by atoms with Crippen LogP contribution >= 0.6 is 0 Å². The molecule has 6 heteroatoms. The first kappa shape index (κ1) is 25.5. The average Bonchev–Trinajstić information content (AvgIpc) is 2.96. The molecule has 4 aromatic rings. The van der Waals surface area contributed by atoms with Gasteiger partial charge in [0.1, 0.15) is 11.5 Å². The molecule has 2 N–H and O–H groups in total. The van der Waals surface area contributed by atoms with Crippen molar-refractivity contribution in [2.24, 2.45) is 0 Å². The summed E-state index contributed by atoms with van der Waals surface area (Å²) in [5.41, 5.74) is 4.90. The monoisotopic (exact) mass is 494 g/mol. The van der Waals surface area contributed by atoms with Gasteiger partial charge in [-0.25, -0.2) is 0 Å². The lowest BCUT2D eigenvalue weighted by Gasteiger charge is -2.17. The average molecular weight is 495 g/mol. The van der Waals surface area contributed by atoms with Crippen LogP contribution in [0.3, 0.4) is 0 Å². The van der Waals surface area contributed by atoms with E-state index in [0.29, 0.717) is 29.2 Å². The van der Waals surface area contributed by atoms with Crippen molar-refractivity contribution < 1.29 is 19.1 Å². The van der Waals surface area contributed by atoms with E-state index in [2.05, 4.69) is 10.6 Å². The SMILES string of the molecule is COc1cc(OC)cc(C(=O)NCc2ccc(C(C)NC(=O)c3ccccc3-c3ccccc3)cc2)c1. The van der Waals surface area contributed by atoms with Crippen LogP contribution in [0.25, 0.3) is 11.1 Å².